The van der Waals surface area contributed by atoms with E-state index in [1.165, 1.54) is 25.8 Å². The van der Waals surface area contributed by atoms with Crippen molar-refractivity contribution >= 4 is 5.91 Å². The molecule has 0 bridgehead atoms. The van der Waals surface area contributed by atoms with E-state index in [-0.39, 0.29) is 5.91 Å². The summed E-state index contributed by atoms with van der Waals surface area (Å²) in [6, 6.07) is 3.52. The minimum absolute atomic E-state index is 0.0401. The van der Waals surface area contributed by atoms with Crippen LogP contribution in [0.1, 0.15) is 42.7 Å². The molecule has 2 fully saturated rings. The average molecular weight is 262 g/mol. The summed E-state index contributed by atoms with van der Waals surface area (Å²) in [5.41, 5.74) is 0.345. The van der Waals surface area contributed by atoms with Crippen molar-refractivity contribution in [3.05, 3.63) is 24.2 Å². The summed E-state index contributed by atoms with van der Waals surface area (Å²) >= 11 is 0. The number of amides is 1. The molecule has 104 valence electrons. The zero-order chi connectivity index (χ0) is 13.3. The quantitative estimate of drug-likeness (QED) is 0.779. The first-order valence-corrected chi connectivity index (χ1v) is 7.25. The van der Waals surface area contributed by atoms with Gasteiger partial charge in [0.1, 0.15) is 0 Å². The first-order valence-electron chi connectivity index (χ1n) is 7.25. The van der Waals surface area contributed by atoms with E-state index in [2.05, 4.69) is 11.9 Å². The summed E-state index contributed by atoms with van der Waals surface area (Å²) in [4.78, 5) is 16.7. The number of nitrogens with zero attached hydrogens (tertiary/aromatic N) is 2. The van der Waals surface area contributed by atoms with Crippen LogP contribution in [0.5, 0.6) is 0 Å². The summed E-state index contributed by atoms with van der Waals surface area (Å²) in [6.07, 6.45) is 7.68. The van der Waals surface area contributed by atoms with Gasteiger partial charge in [0.25, 0.3) is 5.91 Å². The van der Waals surface area contributed by atoms with E-state index in [0.717, 1.165) is 25.9 Å². The molecule has 3 heterocycles. The van der Waals surface area contributed by atoms with Gasteiger partial charge in [0, 0.05) is 18.6 Å². The normalized spacial score (nSPS) is 23.7. The van der Waals surface area contributed by atoms with Crippen molar-refractivity contribution in [3.63, 3.8) is 0 Å². The number of carbonyl (C=O) groups is 1. The highest BCUT2D eigenvalue weighted by Gasteiger charge is 2.40. The molecule has 0 aliphatic carbocycles. The van der Waals surface area contributed by atoms with Gasteiger partial charge in [-0.15, -0.1) is 0 Å². The number of likely N-dealkylation sites (tertiary alicyclic amines) is 2. The smallest absolute Gasteiger partial charge is 0.289 e. The number of piperidine rings is 2. The zero-order valence-corrected chi connectivity index (χ0v) is 11.6. The predicted octanol–water partition coefficient (Wildman–Crippen LogP) is 2.37. The van der Waals surface area contributed by atoms with Gasteiger partial charge in [-0.3, -0.25) is 4.79 Å². The second kappa shape index (κ2) is 5.00. The Hall–Kier alpha value is -1.29. The second-order valence-electron chi connectivity index (χ2n) is 5.87. The molecule has 0 aromatic carbocycles. The molecule has 0 saturated carbocycles. The average Bonchev–Trinajstić information content (AvgIpc) is 2.96. The molecule has 4 nitrogen and oxygen atoms in total. The molecule has 1 spiro atoms. The summed E-state index contributed by atoms with van der Waals surface area (Å²) in [6.45, 7) is 2.90. The number of carbonyl (C=O) groups excluding carboxylic acids is 1. The Balaban J connectivity index is 1.64. The van der Waals surface area contributed by atoms with Gasteiger partial charge in [0.05, 0.1) is 6.26 Å². The second-order valence-corrected chi connectivity index (χ2v) is 5.87. The Labute approximate surface area is 114 Å². The van der Waals surface area contributed by atoms with E-state index in [9.17, 15) is 4.79 Å². The summed E-state index contributed by atoms with van der Waals surface area (Å²) in [7, 11) is 2.24. The maximum atomic E-state index is 12.2. The van der Waals surface area contributed by atoms with Crippen LogP contribution in [0, 0.1) is 0 Å². The summed E-state index contributed by atoms with van der Waals surface area (Å²) in [5, 5.41) is 0. The maximum absolute atomic E-state index is 12.2. The van der Waals surface area contributed by atoms with Gasteiger partial charge in [0.2, 0.25) is 0 Å². The summed E-state index contributed by atoms with van der Waals surface area (Å²) < 4.78 is 5.20. The van der Waals surface area contributed by atoms with Gasteiger partial charge in [-0.05, 0) is 51.4 Å². The van der Waals surface area contributed by atoms with E-state index in [4.69, 9.17) is 4.42 Å². The Morgan fingerprint density at radius 1 is 1.21 bits per heavy atom. The van der Waals surface area contributed by atoms with E-state index >= 15 is 0 Å². The number of rotatable bonds is 1. The van der Waals surface area contributed by atoms with Crippen molar-refractivity contribution in [2.45, 2.75) is 37.6 Å². The molecule has 2 aliphatic heterocycles. The predicted molar refractivity (Wildman–Crippen MR) is 73.1 cm³/mol. The highest BCUT2D eigenvalue weighted by Crippen LogP contribution is 2.36. The number of furan rings is 1. The van der Waals surface area contributed by atoms with Crippen molar-refractivity contribution in [1.29, 1.82) is 0 Å². The third kappa shape index (κ3) is 2.29. The Morgan fingerprint density at radius 2 is 2.00 bits per heavy atom. The van der Waals surface area contributed by atoms with Crippen molar-refractivity contribution in [1.82, 2.24) is 9.80 Å². The van der Waals surface area contributed by atoms with Crippen molar-refractivity contribution in [2.24, 2.45) is 0 Å². The Kier molecular flexibility index (Phi) is 3.35. The molecule has 2 saturated heterocycles. The van der Waals surface area contributed by atoms with Gasteiger partial charge in [0.15, 0.2) is 5.76 Å². The van der Waals surface area contributed by atoms with Gasteiger partial charge >= 0.3 is 0 Å². The fourth-order valence-electron chi connectivity index (χ4n) is 3.54. The van der Waals surface area contributed by atoms with Gasteiger partial charge in [-0.2, -0.15) is 0 Å². The first-order chi connectivity index (χ1) is 9.21. The van der Waals surface area contributed by atoms with Crippen LogP contribution < -0.4 is 0 Å². The van der Waals surface area contributed by atoms with Gasteiger partial charge in [-0.1, -0.05) is 6.42 Å². The monoisotopic (exact) mass is 262 g/mol. The van der Waals surface area contributed by atoms with Crippen LogP contribution in [-0.2, 0) is 0 Å². The van der Waals surface area contributed by atoms with Crippen LogP contribution in [-0.4, -0.2) is 47.9 Å². The molecule has 1 amide bonds. The van der Waals surface area contributed by atoms with Crippen LogP contribution >= 0.6 is 0 Å². The lowest BCUT2D eigenvalue weighted by Crippen LogP contribution is -2.56. The SMILES string of the molecule is CN1CCCCC12CCN(C(=O)c1ccco1)CC2. The summed E-state index contributed by atoms with van der Waals surface area (Å²) in [5.74, 6) is 0.506. The molecule has 0 unspecified atom stereocenters. The zero-order valence-electron chi connectivity index (χ0n) is 11.6. The van der Waals surface area contributed by atoms with E-state index in [1.54, 1.807) is 18.4 Å². The van der Waals surface area contributed by atoms with Crippen LogP contribution in [0.2, 0.25) is 0 Å². The highest BCUT2D eigenvalue weighted by molar-refractivity contribution is 5.91. The largest absolute Gasteiger partial charge is 0.459 e. The molecule has 1 aromatic rings. The first kappa shape index (κ1) is 12.7. The molecule has 2 aliphatic rings. The molecule has 3 rings (SSSR count). The van der Waals surface area contributed by atoms with Crippen LogP contribution in [0.3, 0.4) is 0 Å². The van der Waals surface area contributed by atoms with Crippen LogP contribution in [0.15, 0.2) is 22.8 Å². The standard InChI is InChI=1S/C15H22N2O2/c1-16-9-3-2-6-15(16)7-10-17(11-8-15)14(18)13-5-4-12-19-13/h4-5,12H,2-3,6-11H2,1H3. The van der Waals surface area contributed by atoms with Crippen molar-refractivity contribution < 1.29 is 9.21 Å². The molecular weight excluding hydrogens is 240 g/mol. The molecule has 0 atom stereocenters. The third-order valence-electron chi connectivity index (χ3n) is 4.91. The molecule has 0 N–H and O–H groups in total. The molecule has 1 aromatic heterocycles. The van der Waals surface area contributed by atoms with Crippen molar-refractivity contribution in [3.8, 4) is 0 Å². The lowest BCUT2D eigenvalue weighted by molar-refractivity contribution is 0.0101. The molecule has 19 heavy (non-hydrogen) atoms. The van der Waals surface area contributed by atoms with Crippen LogP contribution in [0.4, 0.5) is 0 Å². The Morgan fingerprint density at radius 3 is 2.63 bits per heavy atom. The minimum Gasteiger partial charge on any atom is -0.459 e. The highest BCUT2D eigenvalue weighted by atomic mass is 16.3. The molecule has 4 heteroatoms. The van der Waals surface area contributed by atoms with Crippen LogP contribution in [0.25, 0.3) is 0 Å². The van der Waals surface area contributed by atoms with Crippen molar-refractivity contribution in [2.75, 3.05) is 26.7 Å². The maximum Gasteiger partial charge on any atom is 0.289 e. The fraction of sp³-hybridized carbons (Fsp3) is 0.667. The lowest BCUT2D eigenvalue weighted by Gasteiger charge is -2.50. The van der Waals surface area contributed by atoms with E-state index in [1.807, 2.05) is 4.90 Å². The molecular formula is C15H22N2O2. The van der Waals surface area contributed by atoms with Gasteiger partial charge < -0.3 is 14.2 Å². The van der Waals surface area contributed by atoms with Gasteiger partial charge in [-0.25, -0.2) is 0 Å². The number of hydrogen-bond donors (Lipinski definition) is 0. The fourth-order valence-corrected chi connectivity index (χ4v) is 3.54. The topological polar surface area (TPSA) is 36.7 Å². The lowest BCUT2D eigenvalue weighted by atomic mass is 9.79. The Bertz CT molecular complexity index is 433. The van der Waals surface area contributed by atoms with E-state index < -0.39 is 0 Å². The molecule has 0 radical (unpaired) electrons. The van der Waals surface area contributed by atoms with E-state index in [0.29, 0.717) is 11.3 Å². The third-order valence-corrected chi connectivity index (χ3v) is 4.91. The minimum atomic E-state index is 0.0401. The number of hydrogen-bond acceptors (Lipinski definition) is 3.